The van der Waals surface area contributed by atoms with Crippen molar-refractivity contribution < 1.29 is 0 Å². The number of nitrogens with zero attached hydrogens (tertiary/aromatic N) is 1. The molecule has 2 aromatic heterocycles. The van der Waals surface area contributed by atoms with Crippen molar-refractivity contribution in [3.05, 3.63) is 35.5 Å². The molecule has 0 aliphatic carbocycles. The van der Waals surface area contributed by atoms with Crippen molar-refractivity contribution in [2.24, 2.45) is 0 Å². The minimum absolute atomic E-state index is 1.00. The lowest BCUT2D eigenvalue weighted by Gasteiger charge is -2.17. The van der Waals surface area contributed by atoms with Crippen LogP contribution in [-0.4, -0.2) is 11.1 Å². The summed E-state index contributed by atoms with van der Waals surface area (Å²) < 4.78 is 2.35. The van der Waals surface area contributed by atoms with Crippen molar-refractivity contribution in [3.8, 4) is 10.4 Å². The van der Waals surface area contributed by atoms with Crippen LogP contribution in [0.15, 0.2) is 29.8 Å². The van der Waals surface area contributed by atoms with Crippen LogP contribution in [0.3, 0.4) is 0 Å². The molecule has 0 saturated heterocycles. The molecular weight excluding hydrogens is 192 g/mol. The van der Waals surface area contributed by atoms with Gasteiger partial charge in [0.2, 0.25) is 0 Å². The standard InChI is InChI=1S/C11H12N2S/c1-2-11(14-7-1)9-3-5-13-6-4-12-8-10(9)13/h1-3,5,7,12H,4,6,8H2. The highest BCUT2D eigenvalue weighted by atomic mass is 32.1. The third kappa shape index (κ3) is 1.21. The van der Waals surface area contributed by atoms with Crippen LogP contribution in [0, 0.1) is 0 Å². The first kappa shape index (κ1) is 8.26. The van der Waals surface area contributed by atoms with Gasteiger partial charge in [0, 0.05) is 42.0 Å². The number of hydrogen-bond acceptors (Lipinski definition) is 2. The Kier molecular flexibility index (Phi) is 1.92. The zero-order valence-electron chi connectivity index (χ0n) is 7.86. The van der Waals surface area contributed by atoms with Gasteiger partial charge >= 0.3 is 0 Å². The number of nitrogens with one attached hydrogen (secondary N) is 1. The van der Waals surface area contributed by atoms with Crippen molar-refractivity contribution in [2.75, 3.05) is 6.54 Å². The van der Waals surface area contributed by atoms with Crippen LogP contribution in [-0.2, 0) is 13.1 Å². The van der Waals surface area contributed by atoms with Crippen LogP contribution in [0.1, 0.15) is 5.69 Å². The summed E-state index contributed by atoms with van der Waals surface area (Å²) in [5.74, 6) is 0. The topological polar surface area (TPSA) is 17.0 Å². The molecule has 1 aliphatic rings. The van der Waals surface area contributed by atoms with Gasteiger partial charge in [0.1, 0.15) is 0 Å². The minimum atomic E-state index is 1.00. The van der Waals surface area contributed by atoms with E-state index < -0.39 is 0 Å². The second kappa shape index (κ2) is 3.26. The molecule has 2 nitrogen and oxygen atoms in total. The first-order valence-electron chi connectivity index (χ1n) is 4.88. The third-order valence-corrected chi connectivity index (χ3v) is 3.59. The SMILES string of the molecule is c1csc(-c2ccn3c2CNCC3)c1. The van der Waals surface area contributed by atoms with E-state index in [0.29, 0.717) is 0 Å². The van der Waals surface area contributed by atoms with Crippen LogP contribution in [0.25, 0.3) is 10.4 Å². The lowest BCUT2D eigenvalue weighted by Crippen LogP contribution is -2.27. The van der Waals surface area contributed by atoms with E-state index in [4.69, 9.17) is 0 Å². The van der Waals surface area contributed by atoms with Crippen molar-refractivity contribution in [2.45, 2.75) is 13.1 Å². The average Bonchev–Trinajstić information content (AvgIpc) is 2.85. The molecule has 0 bridgehead atoms. The van der Waals surface area contributed by atoms with E-state index in [-0.39, 0.29) is 0 Å². The lowest BCUT2D eigenvalue weighted by atomic mass is 10.2. The fraction of sp³-hybridized carbons (Fsp3) is 0.273. The summed E-state index contributed by atoms with van der Waals surface area (Å²) in [4.78, 5) is 1.38. The molecule has 72 valence electrons. The summed E-state index contributed by atoms with van der Waals surface area (Å²) in [5, 5.41) is 5.55. The molecule has 3 rings (SSSR count). The van der Waals surface area contributed by atoms with Crippen LogP contribution < -0.4 is 5.32 Å². The van der Waals surface area contributed by atoms with E-state index in [0.717, 1.165) is 19.6 Å². The van der Waals surface area contributed by atoms with Crippen LogP contribution in [0.2, 0.25) is 0 Å². The molecule has 0 spiro atoms. The highest BCUT2D eigenvalue weighted by Crippen LogP contribution is 2.29. The van der Waals surface area contributed by atoms with Crippen molar-refractivity contribution in [1.82, 2.24) is 9.88 Å². The Balaban J connectivity index is 2.11. The van der Waals surface area contributed by atoms with E-state index >= 15 is 0 Å². The summed E-state index contributed by atoms with van der Waals surface area (Å²) in [6, 6.07) is 6.53. The van der Waals surface area contributed by atoms with Gasteiger partial charge in [-0.2, -0.15) is 0 Å². The Morgan fingerprint density at radius 1 is 1.36 bits per heavy atom. The number of hydrogen-bond donors (Lipinski definition) is 1. The minimum Gasteiger partial charge on any atom is -0.348 e. The Hall–Kier alpha value is -1.06. The molecule has 0 atom stereocenters. The number of thiophene rings is 1. The second-order valence-electron chi connectivity index (χ2n) is 3.52. The van der Waals surface area contributed by atoms with E-state index in [9.17, 15) is 0 Å². The first-order chi connectivity index (χ1) is 6.95. The fourth-order valence-electron chi connectivity index (χ4n) is 1.97. The average molecular weight is 204 g/mol. The lowest BCUT2D eigenvalue weighted by molar-refractivity contribution is 0.518. The van der Waals surface area contributed by atoms with Crippen molar-refractivity contribution in [1.29, 1.82) is 0 Å². The molecular formula is C11H12N2S. The monoisotopic (exact) mass is 204 g/mol. The van der Waals surface area contributed by atoms with E-state index in [1.807, 2.05) is 11.3 Å². The predicted octanol–water partition coefficient (Wildman–Crippen LogP) is 2.32. The van der Waals surface area contributed by atoms with Crippen LogP contribution >= 0.6 is 11.3 Å². The molecule has 3 heteroatoms. The smallest absolute Gasteiger partial charge is 0.0402 e. The Labute approximate surface area is 87.2 Å². The van der Waals surface area contributed by atoms with Crippen molar-refractivity contribution >= 4 is 11.3 Å². The van der Waals surface area contributed by atoms with Gasteiger partial charge in [-0.1, -0.05) is 6.07 Å². The highest BCUT2D eigenvalue weighted by Gasteiger charge is 2.13. The van der Waals surface area contributed by atoms with E-state index in [1.165, 1.54) is 16.1 Å². The van der Waals surface area contributed by atoms with Gasteiger partial charge in [0.25, 0.3) is 0 Å². The van der Waals surface area contributed by atoms with E-state index in [1.54, 1.807) is 0 Å². The highest BCUT2D eigenvalue weighted by molar-refractivity contribution is 7.13. The van der Waals surface area contributed by atoms with Gasteiger partial charge in [0.15, 0.2) is 0 Å². The quantitative estimate of drug-likeness (QED) is 0.754. The molecule has 1 N–H and O–H groups in total. The summed E-state index contributed by atoms with van der Waals surface area (Å²) in [6.07, 6.45) is 2.20. The third-order valence-electron chi connectivity index (χ3n) is 2.69. The molecule has 2 aromatic rings. The number of rotatable bonds is 1. The van der Waals surface area contributed by atoms with Gasteiger partial charge in [-0.15, -0.1) is 11.3 Å². The molecule has 0 saturated carbocycles. The van der Waals surface area contributed by atoms with Gasteiger partial charge in [0.05, 0.1) is 0 Å². The predicted molar refractivity (Wildman–Crippen MR) is 59.5 cm³/mol. The normalized spacial score (nSPS) is 15.4. The summed E-state index contributed by atoms with van der Waals surface area (Å²) in [6.45, 7) is 3.19. The van der Waals surface area contributed by atoms with E-state index in [2.05, 4.69) is 39.7 Å². The molecule has 14 heavy (non-hydrogen) atoms. The molecule has 0 aromatic carbocycles. The Bertz CT molecular complexity index is 428. The van der Waals surface area contributed by atoms with Gasteiger partial charge in [-0.3, -0.25) is 0 Å². The zero-order valence-corrected chi connectivity index (χ0v) is 8.68. The van der Waals surface area contributed by atoms with Gasteiger partial charge in [-0.05, 0) is 17.5 Å². The fourth-order valence-corrected chi connectivity index (χ4v) is 2.75. The first-order valence-corrected chi connectivity index (χ1v) is 5.76. The maximum absolute atomic E-state index is 3.41. The van der Waals surface area contributed by atoms with Gasteiger partial charge in [-0.25, -0.2) is 0 Å². The Morgan fingerprint density at radius 3 is 3.21 bits per heavy atom. The molecule has 0 fully saturated rings. The molecule has 0 unspecified atom stereocenters. The van der Waals surface area contributed by atoms with Crippen LogP contribution in [0.5, 0.6) is 0 Å². The summed E-state index contributed by atoms with van der Waals surface area (Å²) >= 11 is 1.81. The molecule has 3 heterocycles. The van der Waals surface area contributed by atoms with Crippen LogP contribution in [0.4, 0.5) is 0 Å². The molecule has 0 amide bonds. The zero-order chi connectivity index (χ0) is 9.38. The largest absolute Gasteiger partial charge is 0.348 e. The molecule has 1 aliphatic heterocycles. The summed E-state index contributed by atoms with van der Waals surface area (Å²) in [7, 11) is 0. The maximum Gasteiger partial charge on any atom is 0.0402 e. The summed E-state index contributed by atoms with van der Waals surface area (Å²) in [5.41, 5.74) is 2.82. The second-order valence-corrected chi connectivity index (χ2v) is 4.47. The van der Waals surface area contributed by atoms with Gasteiger partial charge < -0.3 is 9.88 Å². The molecule has 0 radical (unpaired) electrons. The maximum atomic E-state index is 3.41. The van der Waals surface area contributed by atoms with Crippen molar-refractivity contribution in [3.63, 3.8) is 0 Å². The number of aromatic nitrogens is 1. The Morgan fingerprint density at radius 2 is 2.36 bits per heavy atom. The number of fused-ring (bicyclic) bond motifs is 1.